The molecule has 8 nitrogen and oxygen atoms in total. The van der Waals surface area contributed by atoms with Crippen molar-refractivity contribution in [1.29, 1.82) is 0 Å². The van der Waals surface area contributed by atoms with Gasteiger partial charge in [-0.15, -0.1) is 0 Å². The van der Waals surface area contributed by atoms with E-state index in [4.69, 9.17) is 14.9 Å². The van der Waals surface area contributed by atoms with Gasteiger partial charge in [-0.2, -0.15) is 0 Å². The summed E-state index contributed by atoms with van der Waals surface area (Å²) in [6, 6.07) is 0. The van der Waals surface area contributed by atoms with Crippen molar-refractivity contribution in [2.45, 2.75) is 19.8 Å². The molecule has 1 atom stereocenters. The lowest BCUT2D eigenvalue weighted by molar-refractivity contribution is 0.0457. The quantitative estimate of drug-likeness (QED) is 0.433. The van der Waals surface area contributed by atoms with E-state index in [1.807, 2.05) is 0 Å². The van der Waals surface area contributed by atoms with Crippen molar-refractivity contribution in [2.75, 3.05) is 25.1 Å². The first kappa shape index (κ1) is 14.4. The van der Waals surface area contributed by atoms with Crippen LogP contribution >= 0.6 is 0 Å². The number of nitrogens with one attached hydrogen (secondary N) is 2. The van der Waals surface area contributed by atoms with Crippen LogP contribution in [-0.2, 0) is 11.5 Å². The lowest BCUT2D eigenvalue weighted by atomic mass is 10.4. The molecule has 0 bridgehead atoms. The zero-order valence-corrected chi connectivity index (χ0v) is 10.0. The molecule has 1 rings (SSSR count). The van der Waals surface area contributed by atoms with Crippen LogP contribution in [0.15, 0.2) is 15.8 Å². The van der Waals surface area contributed by atoms with E-state index in [9.17, 15) is 9.59 Å². The number of nitrogens with zero attached hydrogens (tertiary/aromatic N) is 1. The van der Waals surface area contributed by atoms with Gasteiger partial charge >= 0.3 is 5.69 Å². The molecular formula is C10H17N3O5. The van der Waals surface area contributed by atoms with Crippen molar-refractivity contribution >= 4 is 5.69 Å². The zero-order valence-electron chi connectivity index (χ0n) is 10.0. The van der Waals surface area contributed by atoms with Crippen LogP contribution in [-0.4, -0.2) is 45.6 Å². The average Bonchev–Trinajstić information content (AvgIpc) is 2.30. The number of hydrogen-bond donors (Lipinski definition) is 4. The van der Waals surface area contributed by atoms with Crippen LogP contribution in [0.5, 0.6) is 0 Å². The Hall–Kier alpha value is -1.64. The molecule has 1 aromatic heterocycles. The molecule has 0 spiro atoms. The smallest absolute Gasteiger partial charge is 0.330 e. The number of anilines is 1. The molecule has 0 saturated heterocycles. The van der Waals surface area contributed by atoms with Crippen molar-refractivity contribution in [2.24, 2.45) is 0 Å². The van der Waals surface area contributed by atoms with Crippen LogP contribution in [0, 0.1) is 0 Å². The summed E-state index contributed by atoms with van der Waals surface area (Å²) in [5.41, 5.74) is -0.984. The lowest BCUT2D eigenvalue weighted by Gasteiger charge is -2.10. The zero-order chi connectivity index (χ0) is 13.5. The van der Waals surface area contributed by atoms with Crippen molar-refractivity contribution in [3.8, 4) is 0 Å². The number of aliphatic hydroxyl groups is 2. The normalized spacial score (nSPS) is 12.4. The third kappa shape index (κ3) is 4.32. The number of aromatic amines is 1. The maximum atomic E-state index is 11.4. The van der Waals surface area contributed by atoms with Gasteiger partial charge in [0.05, 0.1) is 19.3 Å². The fraction of sp³-hybridized carbons (Fsp3) is 0.600. The summed E-state index contributed by atoms with van der Waals surface area (Å²) in [7, 11) is 0. The Bertz CT molecular complexity index is 479. The maximum Gasteiger partial charge on any atom is 0.330 e. The molecule has 4 N–H and O–H groups in total. The van der Waals surface area contributed by atoms with Gasteiger partial charge in [0, 0.05) is 12.7 Å². The number of rotatable bonds is 7. The van der Waals surface area contributed by atoms with E-state index in [0.29, 0.717) is 0 Å². The number of aliphatic hydroxyl groups excluding tert-OH is 2. The van der Waals surface area contributed by atoms with Gasteiger partial charge in [0.1, 0.15) is 12.4 Å². The molecule has 0 amide bonds. The van der Waals surface area contributed by atoms with Gasteiger partial charge in [-0.25, -0.2) is 4.79 Å². The number of hydrogen-bond acceptors (Lipinski definition) is 6. The van der Waals surface area contributed by atoms with Gasteiger partial charge in [0.15, 0.2) is 0 Å². The Balaban J connectivity index is 2.81. The lowest BCUT2D eigenvalue weighted by Crippen LogP contribution is -2.33. The number of aromatic nitrogens is 2. The van der Waals surface area contributed by atoms with Gasteiger partial charge in [-0.1, -0.05) is 0 Å². The highest BCUT2D eigenvalue weighted by Crippen LogP contribution is 1.96. The van der Waals surface area contributed by atoms with E-state index in [0.717, 1.165) is 4.57 Å². The van der Waals surface area contributed by atoms with E-state index in [-0.39, 0.29) is 32.2 Å². The van der Waals surface area contributed by atoms with Crippen molar-refractivity contribution in [3.05, 3.63) is 27.0 Å². The third-order valence-electron chi connectivity index (χ3n) is 2.06. The molecule has 0 aliphatic rings. The van der Waals surface area contributed by atoms with Crippen LogP contribution in [0.3, 0.4) is 0 Å². The minimum atomic E-state index is -0.615. The summed E-state index contributed by atoms with van der Waals surface area (Å²) in [5, 5.41) is 20.4. The molecule has 1 unspecified atom stereocenters. The predicted molar refractivity (Wildman–Crippen MR) is 64.5 cm³/mol. The second kappa shape index (κ2) is 6.94. The Labute approximate surface area is 103 Å². The van der Waals surface area contributed by atoms with E-state index in [1.165, 1.54) is 6.20 Å². The fourth-order valence-corrected chi connectivity index (χ4v) is 1.22. The van der Waals surface area contributed by atoms with Crippen LogP contribution in [0.4, 0.5) is 5.69 Å². The predicted octanol–water partition coefficient (Wildman–Crippen LogP) is -1.70. The second-order valence-electron chi connectivity index (χ2n) is 3.76. The van der Waals surface area contributed by atoms with E-state index >= 15 is 0 Å². The molecule has 102 valence electrons. The largest absolute Gasteiger partial charge is 0.394 e. The molecule has 0 aliphatic heterocycles. The van der Waals surface area contributed by atoms with Crippen molar-refractivity contribution in [1.82, 2.24) is 9.55 Å². The summed E-state index contributed by atoms with van der Waals surface area (Å²) in [4.78, 5) is 25.0. The first-order valence-corrected chi connectivity index (χ1v) is 5.49. The van der Waals surface area contributed by atoms with Gasteiger partial charge in [0.25, 0.3) is 5.56 Å². The Morgan fingerprint density at radius 2 is 2.28 bits per heavy atom. The van der Waals surface area contributed by atoms with Crippen LogP contribution < -0.4 is 16.6 Å². The standard InChI is InChI=1S/C10H17N3O5/c1-7(15)4-11-8-5-13(6-18-3-2-14)10(17)12-9(8)16/h5,7,11,14-15H,2-4,6H2,1H3,(H,12,16,17). The second-order valence-corrected chi connectivity index (χ2v) is 3.76. The molecule has 1 aromatic rings. The van der Waals surface area contributed by atoms with E-state index < -0.39 is 17.4 Å². The maximum absolute atomic E-state index is 11.4. The minimum absolute atomic E-state index is 0.0699. The van der Waals surface area contributed by atoms with Gasteiger partial charge in [0.2, 0.25) is 0 Å². The third-order valence-corrected chi connectivity index (χ3v) is 2.06. The highest BCUT2D eigenvalue weighted by Gasteiger charge is 2.05. The molecule has 0 saturated carbocycles. The monoisotopic (exact) mass is 259 g/mol. The summed E-state index contributed by atoms with van der Waals surface area (Å²) in [6.07, 6.45) is 0.691. The van der Waals surface area contributed by atoms with E-state index in [2.05, 4.69) is 10.3 Å². The summed E-state index contributed by atoms with van der Waals surface area (Å²) in [6.45, 7) is 1.65. The molecule has 0 fully saturated rings. The molecule has 1 heterocycles. The van der Waals surface area contributed by atoms with Crippen molar-refractivity contribution in [3.63, 3.8) is 0 Å². The average molecular weight is 259 g/mol. The van der Waals surface area contributed by atoms with Crippen LogP contribution in [0.2, 0.25) is 0 Å². The van der Waals surface area contributed by atoms with Gasteiger partial charge in [-0.3, -0.25) is 14.3 Å². The van der Waals surface area contributed by atoms with Gasteiger partial charge in [-0.05, 0) is 6.92 Å². The number of ether oxygens (including phenoxy) is 1. The van der Waals surface area contributed by atoms with Crippen molar-refractivity contribution < 1.29 is 14.9 Å². The summed E-state index contributed by atoms with van der Waals surface area (Å²) in [5.74, 6) is 0. The van der Waals surface area contributed by atoms with Crippen LogP contribution in [0.25, 0.3) is 0 Å². The summed E-state index contributed by atoms with van der Waals surface area (Å²) < 4.78 is 6.14. The van der Waals surface area contributed by atoms with Crippen LogP contribution in [0.1, 0.15) is 6.92 Å². The molecule has 0 aromatic carbocycles. The first-order valence-electron chi connectivity index (χ1n) is 5.49. The fourth-order valence-electron chi connectivity index (χ4n) is 1.22. The minimum Gasteiger partial charge on any atom is -0.394 e. The Morgan fingerprint density at radius 1 is 1.56 bits per heavy atom. The molecule has 0 aliphatic carbocycles. The molecule has 0 radical (unpaired) electrons. The Morgan fingerprint density at radius 3 is 2.89 bits per heavy atom. The van der Waals surface area contributed by atoms with Gasteiger partial charge < -0.3 is 20.3 Å². The number of H-pyrrole nitrogens is 1. The SMILES string of the molecule is CC(O)CNc1cn(COCCO)c(=O)[nH]c1=O. The Kier molecular flexibility index (Phi) is 5.56. The summed E-state index contributed by atoms with van der Waals surface area (Å²) >= 11 is 0. The highest BCUT2D eigenvalue weighted by molar-refractivity contribution is 5.37. The first-order chi connectivity index (χ1) is 8.54. The molecule has 18 heavy (non-hydrogen) atoms. The topological polar surface area (TPSA) is 117 Å². The highest BCUT2D eigenvalue weighted by atomic mass is 16.5. The van der Waals surface area contributed by atoms with E-state index in [1.54, 1.807) is 6.92 Å². The molecule has 8 heteroatoms. The molecular weight excluding hydrogens is 242 g/mol.